The maximum absolute atomic E-state index is 9.38. The first-order valence-corrected chi connectivity index (χ1v) is 1.30. The predicted octanol–water partition coefficient (Wildman–Crippen LogP) is -0.163. The molecule has 0 bridgehead atoms. The van der Waals surface area contributed by atoms with Crippen molar-refractivity contribution in [3.63, 3.8) is 0 Å². The highest BCUT2D eigenvalue weighted by Crippen LogP contribution is 1.73. The molecule has 0 aliphatic carbocycles. The maximum atomic E-state index is 9.38. The summed E-state index contributed by atoms with van der Waals surface area (Å²) in [4.78, 5) is 9.38. The average Bonchev–Trinajstić information content (AvgIpc) is 1.65. The third-order valence-electron chi connectivity index (χ3n) is 0.276. The van der Waals surface area contributed by atoms with Crippen LogP contribution in [-0.4, -0.2) is 21.5 Å². The second-order valence-electron chi connectivity index (χ2n) is 0.694. The molecule has 0 saturated carbocycles. The van der Waals surface area contributed by atoms with E-state index < -0.39 is 11.2 Å². The van der Waals surface area contributed by atoms with Crippen LogP contribution >= 0.6 is 0 Å². The molecule has 5 heteroatoms. The number of nitriles is 1. The summed E-state index contributed by atoms with van der Waals surface area (Å²) in [5.74, 6) is 0. The Balaban J connectivity index is 3.63. The molecule has 1 amide bonds. The average molecular weight is 102 g/mol. The van der Waals surface area contributed by atoms with Crippen LogP contribution in [0.4, 0.5) is 4.79 Å². The van der Waals surface area contributed by atoms with Crippen LogP contribution in [0.15, 0.2) is 0 Å². The minimum Gasteiger partial charge on any atom is -0.463 e. The Kier molecular flexibility index (Phi) is 1.63. The second-order valence-corrected chi connectivity index (χ2v) is 0.694. The minimum atomic E-state index is -1.68. The Bertz CT molecular complexity index is 115. The van der Waals surface area contributed by atoms with Crippen molar-refractivity contribution in [2.24, 2.45) is 0 Å². The molecule has 0 heterocycles. The van der Waals surface area contributed by atoms with E-state index in [1.165, 1.54) is 0 Å². The van der Waals surface area contributed by atoms with E-state index in [0.29, 0.717) is 0 Å². The van der Waals surface area contributed by atoms with Crippen molar-refractivity contribution >= 4 is 6.09 Å². The van der Waals surface area contributed by atoms with Crippen LogP contribution in [-0.2, 0) is 0 Å². The second kappa shape index (κ2) is 2.00. The summed E-state index contributed by atoms with van der Waals surface area (Å²) < 4.78 is 0. The normalized spacial score (nSPS) is 6.86. The van der Waals surface area contributed by atoms with E-state index in [4.69, 9.17) is 15.6 Å². The lowest BCUT2D eigenvalue weighted by Crippen LogP contribution is -2.18. The van der Waals surface area contributed by atoms with Gasteiger partial charge in [-0.05, 0) is 0 Å². The smallest absolute Gasteiger partial charge is 0.445 e. The molecule has 0 aromatic rings. The number of hydroxylamine groups is 2. The maximum Gasteiger partial charge on any atom is 0.445 e. The van der Waals surface area contributed by atoms with E-state index in [1.807, 2.05) is 0 Å². The molecule has 0 fully saturated rings. The van der Waals surface area contributed by atoms with Gasteiger partial charge in [0.25, 0.3) is 0 Å². The van der Waals surface area contributed by atoms with Gasteiger partial charge in [-0.3, -0.25) is 5.21 Å². The molecule has 7 heavy (non-hydrogen) atoms. The Labute approximate surface area is 39.0 Å². The van der Waals surface area contributed by atoms with Crippen molar-refractivity contribution in [2.75, 3.05) is 0 Å². The van der Waals surface area contributed by atoms with Gasteiger partial charge in [-0.1, -0.05) is 5.06 Å². The highest BCUT2D eigenvalue weighted by atomic mass is 16.6. The standard InChI is InChI=1S/C2H2N2O3/c3-1-4(7)2(5)6/h7H,(H,5,6). The fourth-order valence-electron chi connectivity index (χ4n) is 0.0428. The zero-order chi connectivity index (χ0) is 5.86. The van der Waals surface area contributed by atoms with Crippen LogP contribution in [0.1, 0.15) is 0 Å². The van der Waals surface area contributed by atoms with Crippen molar-refractivity contribution in [3.8, 4) is 6.19 Å². The van der Waals surface area contributed by atoms with Gasteiger partial charge < -0.3 is 5.11 Å². The first kappa shape index (κ1) is 5.72. The van der Waals surface area contributed by atoms with Crippen LogP contribution in [0.3, 0.4) is 0 Å². The fraction of sp³-hybridized carbons (Fsp3) is 0. The van der Waals surface area contributed by atoms with Gasteiger partial charge in [-0.25, -0.2) is 4.79 Å². The van der Waals surface area contributed by atoms with Crippen LogP contribution in [0, 0.1) is 11.5 Å². The Morgan fingerprint density at radius 1 is 1.86 bits per heavy atom. The van der Waals surface area contributed by atoms with E-state index in [1.54, 1.807) is 0 Å². The minimum absolute atomic E-state index is 0.486. The number of amides is 1. The molecule has 0 spiro atoms. The third-order valence-corrected chi connectivity index (χ3v) is 0.276. The lowest BCUT2D eigenvalue weighted by molar-refractivity contribution is -0.0126. The number of rotatable bonds is 0. The number of hydrogen-bond donors (Lipinski definition) is 2. The topological polar surface area (TPSA) is 84.6 Å². The largest absolute Gasteiger partial charge is 0.463 e. The number of carbonyl (C=O) groups is 1. The van der Waals surface area contributed by atoms with Crippen LogP contribution < -0.4 is 0 Å². The molecular weight excluding hydrogens is 100 g/mol. The molecule has 5 nitrogen and oxygen atoms in total. The van der Waals surface area contributed by atoms with Crippen molar-refractivity contribution in [2.45, 2.75) is 0 Å². The van der Waals surface area contributed by atoms with Crippen molar-refractivity contribution in [1.29, 1.82) is 5.26 Å². The monoisotopic (exact) mass is 102 g/mol. The number of hydrogen-bond acceptors (Lipinski definition) is 3. The summed E-state index contributed by atoms with van der Waals surface area (Å²) in [6.45, 7) is 0. The molecule has 0 aliphatic heterocycles. The van der Waals surface area contributed by atoms with E-state index in [2.05, 4.69) is 0 Å². The summed E-state index contributed by atoms with van der Waals surface area (Å²) in [7, 11) is 0. The first-order valence-electron chi connectivity index (χ1n) is 1.30. The summed E-state index contributed by atoms with van der Waals surface area (Å²) in [5.41, 5.74) is 0. The summed E-state index contributed by atoms with van der Waals surface area (Å²) in [6, 6.07) is 0. The first-order chi connectivity index (χ1) is 3.18. The third kappa shape index (κ3) is 1.57. The van der Waals surface area contributed by atoms with Crippen LogP contribution in [0.25, 0.3) is 0 Å². The Morgan fingerprint density at radius 3 is 2.29 bits per heavy atom. The SMILES string of the molecule is N#CN(O)C(=O)O. The van der Waals surface area contributed by atoms with Gasteiger partial charge in [0, 0.05) is 0 Å². The van der Waals surface area contributed by atoms with Gasteiger partial charge in [0.1, 0.15) is 0 Å². The molecule has 0 aliphatic rings. The molecule has 0 unspecified atom stereocenters. The molecule has 0 rings (SSSR count). The summed E-state index contributed by atoms with van der Waals surface area (Å²) in [5, 5.41) is 22.5. The lowest BCUT2D eigenvalue weighted by atomic mass is 11.1. The quantitative estimate of drug-likeness (QED) is 0.192. The van der Waals surface area contributed by atoms with Crippen molar-refractivity contribution in [1.82, 2.24) is 5.06 Å². The zero-order valence-corrected chi connectivity index (χ0v) is 3.20. The van der Waals surface area contributed by atoms with E-state index in [-0.39, 0.29) is 0 Å². The van der Waals surface area contributed by atoms with Gasteiger partial charge >= 0.3 is 6.09 Å². The zero-order valence-electron chi connectivity index (χ0n) is 3.20. The van der Waals surface area contributed by atoms with Crippen LogP contribution in [0.5, 0.6) is 0 Å². The summed E-state index contributed by atoms with van der Waals surface area (Å²) >= 11 is 0. The van der Waals surface area contributed by atoms with Crippen molar-refractivity contribution < 1.29 is 15.1 Å². The van der Waals surface area contributed by atoms with Gasteiger partial charge in [0.15, 0.2) is 0 Å². The van der Waals surface area contributed by atoms with Gasteiger partial charge in [0.2, 0.25) is 6.19 Å². The molecule has 0 aromatic heterocycles. The van der Waals surface area contributed by atoms with Gasteiger partial charge in [-0.2, -0.15) is 5.26 Å². The number of carboxylic acid groups (broad SMARTS) is 1. The molecule has 38 valence electrons. The fourth-order valence-corrected chi connectivity index (χ4v) is 0.0428. The molecule has 0 saturated heterocycles. The summed E-state index contributed by atoms with van der Waals surface area (Å²) in [6.07, 6.45) is -0.725. The van der Waals surface area contributed by atoms with E-state index in [9.17, 15) is 4.79 Å². The van der Waals surface area contributed by atoms with E-state index in [0.717, 1.165) is 6.19 Å². The van der Waals surface area contributed by atoms with Crippen molar-refractivity contribution in [3.05, 3.63) is 0 Å². The Morgan fingerprint density at radius 2 is 2.29 bits per heavy atom. The molecular formula is C2H2N2O3. The highest BCUT2D eigenvalue weighted by molar-refractivity contribution is 5.64. The molecule has 0 radical (unpaired) electrons. The molecule has 0 aromatic carbocycles. The highest BCUT2D eigenvalue weighted by Gasteiger charge is 2.02. The van der Waals surface area contributed by atoms with Gasteiger partial charge in [-0.15, -0.1) is 0 Å². The van der Waals surface area contributed by atoms with Gasteiger partial charge in [0.05, 0.1) is 0 Å². The number of nitrogens with zero attached hydrogens (tertiary/aromatic N) is 2. The van der Waals surface area contributed by atoms with Crippen LogP contribution in [0.2, 0.25) is 0 Å². The lowest BCUT2D eigenvalue weighted by Gasteiger charge is -1.92. The predicted molar refractivity (Wildman–Crippen MR) is 17.3 cm³/mol. The van der Waals surface area contributed by atoms with E-state index >= 15 is 0 Å². The Hall–Kier alpha value is -1.28. The molecule has 0 atom stereocenters. The molecule has 2 N–H and O–H groups in total.